The van der Waals surface area contributed by atoms with Crippen LogP contribution in [0.25, 0.3) is 0 Å². The average molecular weight is 282 g/mol. The molecule has 1 N–H and O–H groups in total. The first-order valence-electron chi connectivity index (χ1n) is 5.86. The van der Waals surface area contributed by atoms with Crippen LogP contribution in [-0.2, 0) is 4.79 Å². The molecule has 1 aromatic rings. The molecule has 1 aromatic carbocycles. The van der Waals surface area contributed by atoms with E-state index in [1.54, 1.807) is 6.08 Å². The molecule has 0 amide bonds. The Morgan fingerprint density at radius 2 is 2.16 bits per heavy atom. The number of nitro benzene ring substituents is 1. The van der Waals surface area contributed by atoms with Gasteiger partial charge in [0.05, 0.1) is 10.5 Å². The fourth-order valence-corrected chi connectivity index (χ4v) is 2.30. The lowest BCUT2D eigenvalue weighted by molar-refractivity contribution is -0.386. The zero-order valence-corrected chi connectivity index (χ0v) is 10.8. The highest BCUT2D eigenvalue weighted by atomic mass is 35.5. The number of aliphatic hydroxyl groups is 1. The van der Waals surface area contributed by atoms with E-state index in [4.69, 9.17) is 11.6 Å². The largest absolute Gasteiger partial charge is 0.383 e. The summed E-state index contributed by atoms with van der Waals surface area (Å²) in [7, 11) is 0. The molecular weight excluding hydrogens is 270 g/mol. The van der Waals surface area contributed by atoms with Gasteiger partial charge in [0.25, 0.3) is 5.69 Å². The van der Waals surface area contributed by atoms with Crippen molar-refractivity contribution in [3.05, 3.63) is 50.5 Å². The van der Waals surface area contributed by atoms with Crippen LogP contribution in [-0.4, -0.2) is 15.8 Å². The summed E-state index contributed by atoms with van der Waals surface area (Å²) in [5.41, 5.74) is 0.0341. The fraction of sp³-hybridized carbons (Fsp3) is 0.308. The Hall–Kier alpha value is -1.72. The van der Waals surface area contributed by atoms with Gasteiger partial charge in [0.15, 0.2) is 5.78 Å². The van der Waals surface area contributed by atoms with Crippen molar-refractivity contribution >= 4 is 23.1 Å². The zero-order valence-electron chi connectivity index (χ0n) is 10.0. The van der Waals surface area contributed by atoms with Gasteiger partial charge in [-0.2, -0.15) is 0 Å². The predicted octanol–water partition coefficient (Wildman–Crippen LogP) is 2.96. The Morgan fingerprint density at radius 1 is 1.42 bits per heavy atom. The summed E-state index contributed by atoms with van der Waals surface area (Å²) in [5, 5.41) is 21.4. The molecule has 0 bridgehead atoms. The van der Waals surface area contributed by atoms with Gasteiger partial charge >= 0.3 is 0 Å². The number of carbonyl (C=O) groups is 1. The second-order valence-corrected chi connectivity index (χ2v) is 4.77. The third kappa shape index (κ3) is 2.83. The molecule has 0 saturated carbocycles. The van der Waals surface area contributed by atoms with Crippen LogP contribution in [0.3, 0.4) is 0 Å². The Labute approximate surface area is 114 Å². The molecule has 0 aliphatic heterocycles. The Balaban J connectivity index is 2.45. The SMILES string of the molecule is O=C1CCCC=C1C(O)c1cc(Cl)ccc1[N+](=O)[O-]. The number of hydrogen-bond acceptors (Lipinski definition) is 4. The monoisotopic (exact) mass is 281 g/mol. The Kier molecular flexibility index (Phi) is 3.97. The van der Waals surface area contributed by atoms with Crippen LogP contribution in [0, 0.1) is 10.1 Å². The highest BCUT2D eigenvalue weighted by Gasteiger charge is 2.28. The molecule has 1 unspecified atom stereocenters. The average Bonchev–Trinajstić information content (AvgIpc) is 2.38. The van der Waals surface area contributed by atoms with E-state index >= 15 is 0 Å². The minimum absolute atomic E-state index is 0.0546. The fourth-order valence-electron chi connectivity index (χ4n) is 2.12. The van der Waals surface area contributed by atoms with Gasteiger partial charge < -0.3 is 5.11 Å². The molecule has 2 rings (SSSR count). The van der Waals surface area contributed by atoms with E-state index in [0.29, 0.717) is 12.8 Å². The number of allylic oxidation sites excluding steroid dienone is 1. The van der Waals surface area contributed by atoms with Gasteiger partial charge in [-0.05, 0) is 25.0 Å². The predicted molar refractivity (Wildman–Crippen MR) is 70.0 cm³/mol. The van der Waals surface area contributed by atoms with Crippen LogP contribution in [0.1, 0.15) is 30.9 Å². The van der Waals surface area contributed by atoms with Crippen LogP contribution < -0.4 is 0 Å². The lowest BCUT2D eigenvalue weighted by atomic mass is 9.90. The second kappa shape index (κ2) is 5.50. The number of aliphatic hydroxyl groups excluding tert-OH is 1. The molecule has 0 saturated heterocycles. The van der Waals surface area contributed by atoms with Crippen LogP contribution >= 0.6 is 11.6 Å². The number of carbonyl (C=O) groups excluding carboxylic acids is 1. The maximum absolute atomic E-state index is 11.7. The minimum Gasteiger partial charge on any atom is -0.383 e. The third-order valence-corrected chi connectivity index (χ3v) is 3.30. The van der Waals surface area contributed by atoms with Crippen molar-refractivity contribution in [2.24, 2.45) is 0 Å². The van der Waals surface area contributed by atoms with Gasteiger partial charge in [-0.1, -0.05) is 17.7 Å². The Morgan fingerprint density at radius 3 is 2.79 bits per heavy atom. The summed E-state index contributed by atoms with van der Waals surface area (Å²) in [6.45, 7) is 0. The molecule has 0 spiro atoms. The summed E-state index contributed by atoms with van der Waals surface area (Å²) in [6, 6.07) is 3.94. The van der Waals surface area contributed by atoms with Crippen LogP contribution in [0.15, 0.2) is 29.8 Å². The number of ketones is 1. The van der Waals surface area contributed by atoms with E-state index in [9.17, 15) is 20.0 Å². The zero-order chi connectivity index (χ0) is 14.0. The molecule has 0 fully saturated rings. The first-order chi connectivity index (χ1) is 9.00. The van der Waals surface area contributed by atoms with Gasteiger partial charge in [0, 0.05) is 23.1 Å². The van der Waals surface area contributed by atoms with Crippen LogP contribution in [0.2, 0.25) is 5.02 Å². The van der Waals surface area contributed by atoms with Crippen molar-refractivity contribution in [2.75, 3.05) is 0 Å². The first-order valence-corrected chi connectivity index (χ1v) is 6.23. The van der Waals surface area contributed by atoms with Crippen LogP contribution in [0.5, 0.6) is 0 Å². The standard InChI is InChI=1S/C13H12ClNO4/c14-8-5-6-11(15(18)19)10(7-8)13(17)9-3-1-2-4-12(9)16/h3,5-7,13,17H,1-2,4H2. The van der Waals surface area contributed by atoms with Gasteiger partial charge in [0.2, 0.25) is 0 Å². The topological polar surface area (TPSA) is 80.4 Å². The molecule has 0 radical (unpaired) electrons. The number of nitro groups is 1. The summed E-state index contributed by atoms with van der Waals surface area (Å²) in [6.07, 6.45) is 2.13. The highest BCUT2D eigenvalue weighted by molar-refractivity contribution is 6.30. The van der Waals surface area contributed by atoms with E-state index < -0.39 is 11.0 Å². The molecule has 19 heavy (non-hydrogen) atoms. The summed E-state index contributed by atoms with van der Waals surface area (Å²) in [4.78, 5) is 22.1. The molecule has 0 heterocycles. The smallest absolute Gasteiger partial charge is 0.275 e. The maximum Gasteiger partial charge on any atom is 0.275 e. The third-order valence-electron chi connectivity index (χ3n) is 3.07. The van der Waals surface area contributed by atoms with Gasteiger partial charge in [-0.25, -0.2) is 0 Å². The van der Waals surface area contributed by atoms with Crippen LogP contribution in [0.4, 0.5) is 5.69 Å². The summed E-state index contributed by atoms with van der Waals surface area (Å²) < 4.78 is 0. The van der Waals surface area contributed by atoms with E-state index in [2.05, 4.69) is 0 Å². The number of nitrogens with zero attached hydrogens (tertiary/aromatic N) is 1. The number of rotatable bonds is 3. The van der Waals surface area contributed by atoms with Crippen molar-refractivity contribution in [3.63, 3.8) is 0 Å². The lowest BCUT2D eigenvalue weighted by Gasteiger charge is -2.18. The highest BCUT2D eigenvalue weighted by Crippen LogP contribution is 2.34. The first kappa shape index (κ1) is 13.7. The molecule has 1 atom stereocenters. The van der Waals surface area contributed by atoms with E-state index in [1.807, 2.05) is 0 Å². The van der Waals surface area contributed by atoms with Crippen molar-refractivity contribution in [2.45, 2.75) is 25.4 Å². The van der Waals surface area contributed by atoms with E-state index in [-0.39, 0.29) is 27.6 Å². The molecule has 1 aliphatic carbocycles. The second-order valence-electron chi connectivity index (χ2n) is 4.34. The quantitative estimate of drug-likeness (QED) is 0.682. The summed E-state index contributed by atoms with van der Waals surface area (Å²) in [5.74, 6) is -0.173. The van der Waals surface area contributed by atoms with Crippen molar-refractivity contribution in [3.8, 4) is 0 Å². The van der Waals surface area contributed by atoms with Crippen molar-refractivity contribution in [1.82, 2.24) is 0 Å². The number of Topliss-reactive ketones (excluding diaryl/α,β-unsaturated/α-hetero) is 1. The maximum atomic E-state index is 11.7. The number of benzene rings is 1. The molecule has 1 aliphatic rings. The van der Waals surface area contributed by atoms with E-state index in [1.165, 1.54) is 18.2 Å². The normalized spacial score (nSPS) is 16.9. The molecule has 5 nitrogen and oxygen atoms in total. The van der Waals surface area contributed by atoms with Gasteiger partial charge in [0.1, 0.15) is 6.10 Å². The Bertz CT molecular complexity index is 568. The summed E-state index contributed by atoms with van der Waals surface area (Å²) >= 11 is 5.80. The minimum atomic E-state index is -1.30. The van der Waals surface area contributed by atoms with Gasteiger partial charge in [-0.3, -0.25) is 14.9 Å². The van der Waals surface area contributed by atoms with Gasteiger partial charge in [-0.15, -0.1) is 0 Å². The van der Waals surface area contributed by atoms with Crippen molar-refractivity contribution in [1.29, 1.82) is 0 Å². The molecular formula is C13H12ClNO4. The number of hydrogen-bond donors (Lipinski definition) is 1. The van der Waals surface area contributed by atoms with E-state index in [0.717, 1.165) is 6.42 Å². The number of halogens is 1. The lowest BCUT2D eigenvalue weighted by Crippen LogP contribution is -2.15. The molecule has 0 aromatic heterocycles. The van der Waals surface area contributed by atoms with Crippen molar-refractivity contribution < 1.29 is 14.8 Å². The molecule has 100 valence electrons. The molecule has 6 heteroatoms.